The molecule has 0 radical (unpaired) electrons. The van der Waals surface area contributed by atoms with Crippen LogP contribution in [0.3, 0.4) is 0 Å². The van der Waals surface area contributed by atoms with Crippen LogP contribution in [0.25, 0.3) is 0 Å². The van der Waals surface area contributed by atoms with Crippen molar-refractivity contribution in [3.05, 3.63) is 11.6 Å². The summed E-state index contributed by atoms with van der Waals surface area (Å²) < 4.78 is 7.31. The van der Waals surface area contributed by atoms with Crippen LogP contribution < -0.4 is 5.73 Å². The first-order valence-corrected chi connectivity index (χ1v) is 8.03. The van der Waals surface area contributed by atoms with Gasteiger partial charge in [0, 0.05) is 24.9 Å². The smallest absolute Gasteiger partial charge is 0.310 e. The third-order valence-electron chi connectivity index (χ3n) is 4.68. The van der Waals surface area contributed by atoms with Gasteiger partial charge in [0.25, 0.3) is 0 Å². The van der Waals surface area contributed by atoms with E-state index >= 15 is 0 Å². The average molecular weight is 292 g/mol. The molecule has 0 amide bonds. The molecule has 0 spiro atoms. The van der Waals surface area contributed by atoms with Crippen LogP contribution in [0.4, 0.5) is 0 Å². The van der Waals surface area contributed by atoms with Crippen molar-refractivity contribution < 1.29 is 9.53 Å². The first-order chi connectivity index (χ1) is 10.2. The number of carbonyl (C=O) groups is 1. The van der Waals surface area contributed by atoms with Crippen LogP contribution in [0.1, 0.15) is 56.6 Å². The molecule has 0 aromatic carbocycles. The zero-order valence-corrected chi connectivity index (χ0v) is 12.6. The molecule has 6 heteroatoms. The number of nitrogens with zero attached hydrogens (tertiary/aromatic N) is 3. The summed E-state index contributed by atoms with van der Waals surface area (Å²) in [6.07, 6.45) is 5.95. The van der Waals surface area contributed by atoms with Crippen molar-refractivity contribution in [3.63, 3.8) is 0 Å². The van der Waals surface area contributed by atoms with E-state index in [4.69, 9.17) is 10.5 Å². The Hall–Kier alpha value is -1.43. The number of carbonyl (C=O) groups excluding carboxylic acids is 1. The van der Waals surface area contributed by atoms with Gasteiger partial charge in [-0.1, -0.05) is 6.42 Å². The summed E-state index contributed by atoms with van der Waals surface area (Å²) in [5, 5.41) is 8.72. The molecule has 1 fully saturated rings. The van der Waals surface area contributed by atoms with Gasteiger partial charge < -0.3 is 15.0 Å². The largest absolute Gasteiger partial charge is 0.466 e. The molecule has 1 unspecified atom stereocenters. The maximum atomic E-state index is 12.0. The first kappa shape index (κ1) is 14.5. The van der Waals surface area contributed by atoms with Crippen molar-refractivity contribution in [1.29, 1.82) is 0 Å². The highest BCUT2D eigenvalue weighted by Crippen LogP contribution is 2.33. The van der Waals surface area contributed by atoms with E-state index in [1.54, 1.807) is 0 Å². The van der Waals surface area contributed by atoms with E-state index in [1.165, 1.54) is 0 Å². The molecule has 3 atom stereocenters. The van der Waals surface area contributed by atoms with E-state index in [0.717, 1.165) is 50.2 Å². The molecule has 1 aliphatic heterocycles. The lowest BCUT2D eigenvalue weighted by Gasteiger charge is -2.28. The van der Waals surface area contributed by atoms with Gasteiger partial charge in [0.2, 0.25) is 0 Å². The summed E-state index contributed by atoms with van der Waals surface area (Å²) in [6, 6.07) is 0.265. The highest BCUT2D eigenvalue weighted by Gasteiger charge is 2.32. The molecular weight excluding hydrogens is 268 g/mol. The second-order valence-electron chi connectivity index (χ2n) is 6.20. The minimum absolute atomic E-state index is 0.0653. The summed E-state index contributed by atoms with van der Waals surface area (Å²) in [5.41, 5.74) is 6.09. The fraction of sp³-hybridized carbons (Fsp3) is 0.800. The highest BCUT2D eigenvalue weighted by molar-refractivity contribution is 5.72. The Morgan fingerprint density at radius 1 is 1.38 bits per heavy atom. The van der Waals surface area contributed by atoms with Gasteiger partial charge in [0.15, 0.2) is 0 Å². The lowest BCUT2D eigenvalue weighted by Crippen LogP contribution is -2.32. The molecule has 1 saturated carbocycles. The maximum absolute atomic E-state index is 12.0. The zero-order valence-electron chi connectivity index (χ0n) is 12.6. The van der Waals surface area contributed by atoms with Crippen LogP contribution in [-0.4, -0.2) is 33.4 Å². The average Bonchev–Trinajstić information content (AvgIpc) is 2.90. The Morgan fingerprint density at radius 2 is 2.24 bits per heavy atom. The first-order valence-electron chi connectivity index (χ1n) is 8.03. The lowest BCUT2D eigenvalue weighted by atomic mass is 9.85. The summed E-state index contributed by atoms with van der Waals surface area (Å²) in [5.74, 6) is 2.25. The van der Waals surface area contributed by atoms with Crippen LogP contribution in [0.15, 0.2) is 0 Å². The van der Waals surface area contributed by atoms with Crippen LogP contribution in [0, 0.1) is 5.92 Å². The van der Waals surface area contributed by atoms with Crippen molar-refractivity contribution in [2.75, 3.05) is 6.61 Å². The Balaban J connectivity index is 1.77. The Morgan fingerprint density at radius 3 is 3.00 bits per heavy atom. The number of aryl methyl sites for hydroxylation is 1. The Bertz CT molecular complexity index is 514. The van der Waals surface area contributed by atoms with Crippen LogP contribution in [0.5, 0.6) is 0 Å². The number of fused-ring (bicyclic) bond motifs is 1. The van der Waals surface area contributed by atoms with E-state index in [2.05, 4.69) is 14.8 Å². The molecule has 0 bridgehead atoms. The fourth-order valence-electron chi connectivity index (χ4n) is 3.56. The normalized spacial score (nSPS) is 29.0. The summed E-state index contributed by atoms with van der Waals surface area (Å²) >= 11 is 0. The van der Waals surface area contributed by atoms with Gasteiger partial charge in [-0.3, -0.25) is 4.79 Å². The third-order valence-corrected chi connectivity index (χ3v) is 4.68. The molecule has 2 heterocycles. The van der Waals surface area contributed by atoms with Crippen LogP contribution in [-0.2, 0) is 22.5 Å². The highest BCUT2D eigenvalue weighted by atomic mass is 16.5. The Labute approximate surface area is 125 Å². The Kier molecular flexibility index (Phi) is 4.24. The summed E-state index contributed by atoms with van der Waals surface area (Å²) in [4.78, 5) is 12.0. The summed E-state index contributed by atoms with van der Waals surface area (Å²) in [7, 11) is 0. The van der Waals surface area contributed by atoms with E-state index in [9.17, 15) is 4.79 Å². The molecule has 21 heavy (non-hydrogen) atoms. The molecule has 1 aromatic rings. The van der Waals surface area contributed by atoms with Crippen molar-refractivity contribution in [2.45, 2.75) is 64.0 Å². The minimum Gasteiger partial charge on any atom is -0.466 e. The monoisotopic (exact) mass is 292 g/mol. The second kappa shape index (κ2) is 6.13. The van der Waals surface area contributed by atoms with Crippen molar-refractivity contribution in [1.82, 2.24) is 14.8 Å². The lowest BCUT2D eigenvalue weighted by molar-refractivity contribution is -0.149. The van der Waals surface area contributed by atoms with Crippen molar-refractivity contribution >= 4 is 5.97 Å². The molecule has 2 aliphatic rings. The third kappa shape index (κ3) is 2.95. The number of rotatable bonds is 3. The summed E-state index contributed by atoms with van der Waals surface area (Å²) in [6.45, 7) is 2.94. The standard InChI is InChI=1S/C15H24N4O2/c1-2-21-15(20)11-6-7-13-17-18-14(19(13)9-11)10-4-3-5-12(16)8-10/h10-12H,2-9,16H2,1H3/t10-,11?,12+/m0/s1. The SMILES string of the molecule is CCOC(=O)C1CCc2nnc([C@H]3CCC[C@@H](N)C3)n2C1. The molecule has 1 aliphatic carbocycles. The number of aromatic nitrogens is 3. The van der Waals surface area contributed by atoms with E-state index in [-0.39, 0.29) is 17.9 Å². The predicted octanol–water partition coefficient (Wildman–Crippen LogP) is 1.39. The van der Waals surface area contributed by atoms with Gasteiger partial charge >= 0.3 is 5.97 Å². The fourth-order valence-corrected chi connectivity index (χ4v) is 3.56. The predicted molar refractivity (Wildman–Crippen MR) is 77.7 cm³/mol. The number of esters is 1. The van der Waals surface area contributed by atoms with Crippen molar-refractivity contribution in [3.8, 4) is 0 Å². The van der Waals surface area contributed by atoms with E-state index in [0.29, 0.717) is 19.1 Å². The molecular formula is C15H24N4O2. The maximum Gasteiger partial charge on any atom is 0.310 e. The second-order valence-corrected chi connectivity index (χ2v) is 6.20. The van der Waals surface area contributed by atoms with Crippen LogP contribution >= 0.6 is 0 Å². The number of ether oxygens (including phenoxy) is 1. The molecule has 1 aromatic heterocycles. The topological polar surface area (TPSA) is 83.0 Å². The van der Waals surface area contributed by atoms with Gasteiger partial charge in [0.05, 0.1) is 12.5 Å². The zero-order chi connectivity index (χ0) is 14.8. The van der Waals surface area contributed by atoms with E-state index < -0.39 is 0 Å². The minimum atomic E-state index is -0.0943. The quantitative estimate of drug-likeness (QED) is 0.851. The van der Waals surface area contributed by atoms with Gasteiger partial charge in [-0.25, -0.2) is 0 Å². The van der Waals surface area contributed by atoms with E-state index in [1.807, 2.05) is 6.92 Å². The van der Waals surface area contributed by atoms with Crippen LogP contribution in [0.2, 0.25) is 0 Å². The van der Waals surface area contributed by atoms with Crippen molar-refractivity contribution in [2.24, 2.45) is 11.7 Å². The molecule has 6 nitrogen and oxygen atoms in total. The van der Waals surface area contributed by atoms with Gasteiger partial charge in [0.1, 0.15) is 11.6 Å². The van der Waals surface area contributed by atoms with Gasteiger partial charge in [-0.05, 0) is 32.6 Å². The van der Waals surface area contributed by atoms with Gasteiger partial charge in [-0.2, -0.15) is 0 Å². The molecule has 2 N–H and O–H groups in total. The molecule has 0 saturated heterocycles. The molecule has 3 rings (SSSR count). The number of hydrogen-bond acceptors (Lipinski definition) is 5. The number of nitrogens with two attached hydrogens (primary N) is 1. The molecule has 116 valence electrons. The number of hydrogen-bond donors (Lipinski definition) is 1. The van der Waals surface area contributed by atoms with Gasteiger partial charge in [-0.15, -0.1) is 10.2 Å².